The van der Waals surface area contributed by atoms with Crippen LogP contribution < -0.4 is 41.4 Å². The summed E-state index contributed by atoms with van der Waals surface area (Å²) in [7, 11) is 3.14. The van der Waals surface area contributed by atoms with Crippen molar-refractivity contribution in [1.29, 1.82) is 0 Å². The Balaban J connectivity index is 0.000000224. The molecular formula is C48H40CaN6O12S2. The molecule has 0 aliphatic rings. The van der Waals surface area contributed by atoms with Crippen LogP contribution in [-0.4, -0.2) is 95.6 Å². The molecule has 0 aliphatic carbocycles. The molecule has 0 unspecified atom stereocenters. The maximum atomic E-state index is 12.7. The van der Waals surface area contributed by atoms with Crippen LogP contribution in [0.5, 0.6) is 11.5 Å². The topological polar surface area (TPSA) is 267 Å². The summed E-state index contributed by atoms with van der Waals surface area (Å²) in [4.78, 5) is 86.6. The molecule has 0 fully saturated rings. The Kier molecular flexibility index (Phi) is 18.3. The normalized spacial score (nSPS) is 10.7. The third-order valence-corrected chi connectivity index (χ3v) is 11.9. The van der Waals surface area contributed by atoms with Crippen molar-refractivity contribution in [2.75, 3.05) is 14.2 Å². The van der Waals surface area contributed by atoms with E-state index in [1.54, 1.807) is 49.2 Å². The number of rotatable bonds is 18. The number of carbonyl (C=O) groups is 4. The maximum Gasteiger partial charge on any atom is 2.00 e. The number of nitrogens with zero attached hydrogens (tertiary/aromatic N) is 2. The van der Waals surface area contributed by atoms with Gasteiger partial charge < -0.3 is 59.4 Å². The average Bonchev–Trinajstić information content (AvgIpc) is 3.97. The molecule has 348 valence electrons. The number of carboxylic acid groups (broad SMARTS) is 2. The smallest absolute Gasteiger partial charge is 0.545 e. The van der Waals surface area contributed by atoms with Gasteiger partial charge >= 0.3 is 37.7 Å². The largest absolute Gasteiger partial charge is 2.00 e. The molecule has 0 bridgehead atoms. The fraction of sp³-hybridized carbons (Fsp3) is 0.167. The number of thiophene rings is 2. The number of benzene rings is 4. The number of aromatic nitrogens is 4. The van der Waals surface area contributed by atoms with Crippen LogP contribution in [0.25, 0.3) is 20.4 Å². The zero-order valence-corrected chi connectivity index (χ0v) is 40.8. The zero-order valence-electron chi connectivity index (χ0n) is 37.0. The van der Waals surface area contributed by atoms with Crippen LogP contribution >= 0.6 is 22.7 Å². The van der Waals surface area contributed by atoms with E-state index in [1.165, 1.54) is 46.9 Å². The van der Waals surface area contributed by atoms with Crippen LogP contribution in [0.15, 0.2) is 117 Å². The van der Waals surface area contributed by atoms with E-state index in [9.17, 15) is 39.0 Å². The van der Waals surface area contributed by atoms with Crippen molar-refractivity contribution in [2.45, 2.75) is 39.5 Å². The molecule has 4 N–H and O–H groups in total. The molecule has 0 atom stereocenters. The second-order valence-electron chi connectivity index (χ2n) is 14.7. The monoisotopic (exact) mass is 996 g/mol. The summed E-state index contributed by atoms with van der Waals surface area (Å²) in [5.41, 5.74) is 3.92. The van der Waals surface area contributed by atoms with Crippen molar-refractivity contribution < 1.29 is 48.3 Å². The molecule has 69 heavy (non-hydrogen) atoms. The summed E-state index contributed by atoms with van der Waals surface area (Å²) in [5, 5.41) is 31.4. The first-order valence-electron chi connectivity index (χ1n) is 20.5. The molecule has 8 rings (SSSR count). The number of hydrogen-bond acceptors (Lipinski definition) is 16. The van der Waals surface area contributed by atoms with Crippen LogP contribution in [0, 0.1) is 0 Å². The second-order valence-corrected chi connectivity index (χ2v) is 16.5. The van der Waals surface area contributed by atoms with E-state index in [-0.39, 0.29) is 100 Å². The van der Waals surface area contributed by atoms with Crippen molar-refractivity contribution in [2.24, 2.45) is 0 Å². The number of hydrogen-bond donors (Lipinski definition) is 4. The summed E-state index contributed by atoms with van der Waals surface area (Å²) >= 11 is 2.50. The fourth-order valence-electron chi connectivity index (χ4n) is 6.57. The zero-order chi connectivity index (χ0) is 48.2. The molecule has 0 saturated carbocycles. The van der Waals surface area contributed by atoms with Crippen LogP contribution in [0.2, 0.25) is 0 Å². The van der Waals surface area contributed by atoms with Crippen LogP contribution in [0.1, 0.15) is 75.3 Å². The van der Waals surface area contributed by atoms with E-state index in [0.29, 0.717) is 43.1 Å². The Morgan fingerprint density at radius 1 is 0.565 bits per heavy atom. The summed E-state index contributed by atoms with van der Waals surface area (Å²) < 4.78 is 21.7. The first-order valence-corrected chi connectivity index (χ1v) is 22.2. The van der Waals surface area contributed by atoms with Gasteiger partial charge in [-0.15, -0.1) is 22.7 Å². The number of methoxy groups -OCH3 is 2. The quantitative estimate of drug-likeness (QED) is 0.0895. The van der Waals surface area contributed by atoms with Gasteiger partial charge in [-0.2, -0.15) is 0 Å². The standard InChI is InChI=1S/2C24H21N3O6S.Ca/c2*1-32-18-4-2-3-15(9-18)10-25-22(29)20-26-21(28)19-17(13-34-23(19)27-20)12-33-11-14-5-7-16(8-6-14)24(30)31;/h2*2-9,13H,10-12H2,1H3,(H,25,29)(H,30,31)(H,26,27,28);/q;;+2/p-2. The van der Waals surface area contributed by atoms with Crippen LogP contribution in [0.4, 0.5) is 0 Å². The number of amides is 2. The van der Waals surface area contributed by atoms with Crippen molar-refractivity contribution in [1.82, 2.24) is 30.6 Å². The molecule has 0 radical (unpaired) electrons. The first-order chi connectivity index (χ1) is 32.9. The van der Waals surface area contributed by atoms with Crippen molar-refractivity contribution in [3.63, 3.8) is 0 Å². The molecule has 2 amide bonds. The van der Waals surface area contributed by atoms with Crippen molar-refractivity contribution in [3.8, 4) is 11.5 Å². The van der Waals surface area contributed by atoms with Gasteiger partial charge in [-0.3, -0.25) is 19.2 Å². The Bertz CT molecular complexity index is 3010. The Hall–Kier alpha value is -6.78. The van der Waals surface area contributed by atoms with E-state index in [0.717, 1.165) is 22.3 Å². The summed E-state index contributed by atoms with van der Waals surface area (Å²) in [6.07, 6.45) is 0. The van der Waals surface area contributed by atoms with Gasteiger partial charge in [-0.1, -0.05) is 72.8 Å². The number of aromatic carboxylic acids is 2. The third kappa shape index (κ3) is 13.7. The number of H-pyrrole nitrogens is 2. The first kappa shape index (κ1) is 51.6. The maximum absolute atomic E-state index is 12.7. The summed E-state index contributed by atoms with van der Waals surface area (Å²) in [5.74, 6) is -2.23. The predicted octanol–water partition coefficient (Wildman–Crippen LogP) is 3.63. The van der Waals surface area contributed by atoms with Gasteiger partial charge in [0.1, 0.15) is 21.2 Å². The molecule has 4 aromatic heterocycles. The average molecular weight is 997 g/mol. The molecule has 4 heterocycles. The number of aromatic amines is 2. The second kappa shape index (κ2) is 24.5. The Morgan fingerprint density at radius 2 is 0.957 bits per heavy atom. The van der Waals surface area contributed by atoms with Gasteiger partial charge in [-0.25, -0.2) is 9.97 Å². The number of ether oxygens (including phenoxy) is 4. The molecule has 8 aromatic rings. The van der Waals surface area contributed by atoms with E-state index >= 15 is 0 Å². The van der Waals surface area contributed by atoms with Gasteiger partial charge in [0.05, 0.1) is 63.4 Å². The molecule has 0 spiro atoms. The minimum Gasteiger partial charge on any atom is -0.545 e. The van der Waals surface area contributed by atoms with E-state index in [4.69, 9.17) is 18.9 Å². The number of nitrogens with one attached hydrogen (secondary N) is 4. The molecular weight excluding hydrogens is 957 g/mol. The van der Waals surface area contributed by atoms with Crippen LogP contribution in [0.3, 0.4) is 0 Å². The molecule has 4 aromatic carbocycles. The minimum atomic E-state index is -1.24. The number of fused-ring (bicyclic) bond motifs is 2. The summed E-state index contributed by atoms with van der Waals surface area (Å²) in [6, 6.07) is 26.9. The van der Waals surface area contributed by atoms with Crippen molar-refractivity contribution in [3.05, 3.63) is 185 Å². The number of carbonyl (C=O) groups excluding carboxylic acids is 4. The summed E-state index contributed by atoms with van der Waals surface area (Å²) in [6.45, 7) is 1.31. The molecule has 0 aliphatic heterocycles. The van der Waals surface area contributed by atoms with Crippen LogP contribution in [-0.2, 0) is 49.0 Å². The Labute approximate surface area is 430 Å². The minimum absolute atomic E-state index is 0. The van der Waals surface area contributed by atoms with Crippen molar-refractivity contribution >= 4 is 105 Å². The van der Waals surface area contributed by atoms with Gasteiger partial charge in [0.25, 0.3) is 22.9 Å². The van der Waals surface area contributed by atoms with Gasteiger partial charge in [0, 0.05) is 24.2 Å². The SMILES string of the molecule is COc1cccc(CNC(=O)c2nc3scc(COCc4ccc(C(=O)[O-])cc4)c3c(=O)[nH]2)c1.COc1cccc(CNC(=O)c2nc3scc(COCc4ccc(C(=O)[O-])cc4)c3c(=O)[nH]2)c1.[Ca+2]. The van der Waals surface area contributed by atoms with E-state index < -0.39 is 34.9 Å². The Morgan fingerprint density at radius 3 is 1.32 bits per heavy atom. The van der Waals surface area contributed by atoms with E-state index in [1.807, 2.05) is 48.5 Å². The van der Waals surface area contributed by atoms with E-state index in [2.05, 4.69) is 30.6 Å². The molecule has 21 heteroatoms. The molecule has 0 saturated heterocycles. The molecule has 18 nitrogen and oxygen atoms in total. The predicted molar refractivity (Wildman–Crippen MR) is 253 cm³/mol. The van der Waals surface area contributed by atoms with Gasteiger partial charge in [-0.05, 0) is 68.4 Å². The number of carboxylic acids is 2. The fourth-order valence-corrected chi connectivity index (χ4v) is 8.42. The van der Waals surface area contributed by atoms with Gasteiger partial charge in [0.15, 0.2) is 0 Å². The van der Waals surface area contributed by atoms with Gasteiger partial charge in [0.2, 0.25) is 11.6 Å². The third-order valence-electron chi connectivity index (χ3n) is 10.1.